The van der Waals surface area contributed by atoms with Crippen LogP contribution in [0.2, 0.25) is 5.02 Å². The van der Waals surface area contributed by atoms with Crippen LogP contribution in [0.1, 0.15) is 12.5 Å². The van der Waals surface area contributed by atoms with Crippen molar-refractivity contribution in [3.05, 3.63) is 26.9 Å². The quantitative estimate of drug-likeness (QED) is 0.740. The van der Waals surface area contributed by atoms with Gasteiger partial charge in [-0.2, -0.15) is 5.10 Å². The summed E-state index contributed by atoms with van der Waals surface area (Å²) >= 11 is 8.25. The zero-order valence-electron chi connectivity index (χ0n) is 8.49. The first-order chi connectivity index (χ1) is 7.75. The van der Waals surface area contributed by atoms with E-state index in [4.69, 9.17) is 16.3 Å². The van der Waals surface area contributed by atoms with Crippen molar-refractivity contribution in [2.75, 3.05) is 13.2 Å². The Morgan fingerprint density at radius 2 is 2.38 bits per heavy atom. The fourth-order valence-corrected chi connectivity index (χ4v) is 2.91. The Kier molecular flexibility index (Phi) is 2.81. The highest BCUT2D eigenvalue weighted by Gasteiger charge is 2.21. The smallest absolute Gasteiger partial charge is 0.131 e. The molecule has 1 aromatic carbocycles. The highest BCUT2D eigenvalue weighted by molar-refractivity contribution is 14.1. The lowest BCUT2D eigenvalue weighted by molar-refractivity contribution is 0.185. The molecule has 0 saturated carbocycles. The largest absolute Gasteiger partial charge is 0.379 e. The number of fused-ring (bicyclic) bond motifs is 1. The predicted octanol–water partition coefficient (Wildman–Crippen LogP) is 3.26. The fourth-order valence-electron chi connectivity index (χ4n) is 2.07. The first-order valence-electron chi connectivity index (χ1n) is 5.17. The van der Waals surface area contributed by atoms with Gasteiger partial charge >= 0.3 is 0 Å². The summed E-state index contributed by atoms with van der Waals surface area (Å²) in [5, 5.41) is 6.46. The van der Waals surface area contributed by atoms with Crippen LogP contribution in [0.4, 0.5) is 0 Å². The third-order valence-electron chi connectivity index (χ3n) is 2.87. The van der Waals surface area contributed by atoms with Crippen molar-refractivity contribution in [2.24, 2.45) is 0 Å². The van der Waals surface area contributed by atoms with Crippen LogP contribution in [0.25, 0.3) is 10.9 Å². The van der Waals surface area contributed by atoms with Crippen LogP contribution in [0.5, 0.6) is 0 Å². The van der Waals surface area contributed by atoms with E-state index in [1.165, 1.54) is 0 Å². The summed E-state index contributed by atoms with van der Waals surface area (Å²) in [5.74, 6) is 0. The van der Waals surface area contributed by atoms with E-state index in [1.54, 1.807) is 0 Å². The van der Waals surface area contributed by atoms with Crippen LogP contribution in [-0.4, -0.2) is 23.0 Å². The molecule has 1 aromatic heterocycles. The molecule has 1 fully saturated rings. The molecule has 1 atom stereocenters. The molecule has 2 heterocycles. The molecular weight excluding hydrogens is 338 g/mol. The van der Waals surface area contributed by atoms with Crippen molar-refractivity contribution in [3.63, 3.8) is 0 Å². The molecule has 0 spiro atoms. The maximum absolute atomic E-state index is 5.99. The molecule has 5 heteroatoms. The molecule has 1 aliphatic heterocycles. The normalized spacial score (nSPS) is 20.8. The van der Waals surface area contributed by atoms with Gasteiger partial charge in [0.1, 0.15) is 3.70 Å². The summed E-state index contributed by atoms with van der Waals surface area (Å²) in [4.78, 5) is 0. The maximum Gasteiger partial charge on any atom is 0.131 e. The number of nitrogens with zero attached hydrogens (tertiary/aromatic N) is 2. The first kappa shape index (κ1) is 10.8. The standard InChI is InChI=1S/C11H10ClIN2O/c12-7-1-2-10-9(5-7)11(13)14-15(10)8-3-4-16-6-8/h1-2,5,8H,3-4,6H2. The molecule has 3 rings (SSSR count). The van der Waals surface area contributed by atoms with Gasteiger partial charge in [-0.05, 0) is 47.2 Å². The van der Waals surface area contributed by atoms with Gasteiger partial charge in [-0.3, -0.25) is 4.68 Å². The molecule has 16 heavy (non-hydrogen) atoms. The molecule has 3 nitrogen and oxygen atoms in total. The van der Waals surface area contributed by atoms with E-state index in [9.17, 15) is 0 Å². The van der Waals surface area contributed by atoms with E-state index in [0.717, 1.165) is 39.3 Å². The van der Waals surface area contributed by atoms with Crippen molar-refractivity contribution >= 4 is 45.1 Å². The molecule has 84 valence electrons. The molecule has 1 unspecified atom stereocenters. The Hall–Kier alpha value is -0.330. The Balaban J connectivity index is 2.18. The summed E-state index contributed by atoms with van der Waals surface area (Å²) in [6.07, 6.45) is 1.04. The van der Waals surface area contributed by atoms with Crippen molar-refractivity contribution < 1.29 is 4.74 Å². The number of hydrogen-bond donors (Lipinski definition) is 0. The number of aromatic nitrogens is 2. The summed E-state index contributed by atoms with van der Waals surface area (Å²) in [6, 6.07) is 6.28. The second-order valence-electron chi connectivity index (χ2n) is 3.91. The summed E-state index contributed by atoms with van der Waals surface area (Å²) < 4.78 is 8.48. The number of hydrogen-bond acceptors (Lipinski definition) is 2. The average molecular weight is 349 g/mol. The summed E-state index contributed by atoms with van der Waals surface area (Å²) in [7, 11) is 0. The lowest BCUT2D eigenvalue weighted by Crippen LogP contribution is -2.10. The van der Waals surface area contributed by atoms with Crippen molar-refractivity contribution in [1.82, 2.24) is 9.78 Å². The van der Waals surface area contributed by atoms with Crippen molar-refractivity contribution in [3.8, 4) is 0 Å². The molecule has 0 amide bonds. The number of halogens is 2. The van der Waals surface area contributed by atoms with E-state index >= 15 is 0 Å². The van der Waals surface area contributed by atoms with Gasteiger partial charge in [0.2, 0.25) is 0 Å². The van der Waals surface area contributed by atoms with E-state index in [0.29, 0.717) is 6.04 Å². The summed E-state index contributed by atoms with van der Waals surface area (Å²) in [6.45, 7) is 1.59. The zero-order valence-corrected chi connectivity index (χ0v) is 11.4. The molecule has 0 radical (unpaired) electrons. The number of ether oxygens (including phenoxy) is 1. The zero-order chi connectivity index (χ0) is 11.1. The Bertz CT molecular complexity index is 534. The van der Waals surface area contributed by atoms with E-state index in [1.807, 2.05) is 18.2 Å². The van der Waals surface area contributed by atoms with E-state index in [2.05, 4.69) is 32.4 Å². The monoisotopic (exact) mass is 348 g/mol. The minimum absolute atomic E-state index is 0.368. The third-order valence-corrected chi connectivity index (χ3v) is 3.91. The van der Waals surface area contributed by atoms with Crippen molar-refractivity contribution in [1.29, 1.82) is 0 Å². The predicted molar refractivity (Wildman–Crippen MR) is 71.9 cm³/mol. The van der Waals surface area contributed by atoms with Crippen LogP contribution < -0.4 is 0 Å². The van der Waals surface area contributed by atoms with E-state index in [-0.39, 0.29) is 0 Å². The molecule has 0 N–H and O–H groups in total. The van der Waals surface area contributed by atoms with E-state index < -0.39 is 0 Å². The van der Waals surface area contributed by atoms with Crippen LogP contribution in [0, 0.1) is 3.70 Å². The van der Waals surface area contributed by atoms with Gasteiger partial charge in [-0.1, -0.05) is 11.6 Å². The fraction of sp³-hybridized carbons (Fsp3) is 0.364. The Morgan fingerprint density at radius 3 is 3.12 bits per heavy atom. The number of benzene rings is 1. The highest BCUT2D eigenvalue weighted by atomic mass is 127. The van der Waals surface area contributed by atoms with Gasteiger partial charge in [0.05, 0.1) is 18.2 Å². The van der Waals surface area contributed by atoms with Gasteiger partial charge < -0.3 is 4.74 Å². The molecule has 0 bridgehead atoms. The lowest BCUT2D eigenvalue weighted by atomic mass is 10.2. The first-order valence-corrected chi connectivity index (χ1v) is 6.62. The van der Waals surface area contributed by atoms with Gasteiger partial charge in [-0.15, -0.1) is 0 Å². The average Bonchev–Trinajstić information content (AvgIpc) is 2.87. The number of rotatable bonds is 1. The summed E-state index contributed by atoms with van der Waals surface area (Å²) in [5.41, 5.74) is 1.14. The molecule has 1 aliphatic rings. The SMILES string of the molecule is Clc1ccc2c(c1)c(I)nn2C1CCOC1. The molecular formula is C11H10ClIN2O. The lowest BCUT2D eigenvalue weighted by Gasteiger charge is -2.09. The van der Waals surface area contributed by atoms with Crippen molar-refractivity contribution in [2.45, 2.75) is 12.5 Å². The van der Waals surface area contributed by atoms with Gasteiger partial charge in [-0.25, -0.2) is 0 Å². The Morgan fingerprint density at radius 1 is 1.50 bits per heavy atom. The maximum atomic E-state index is 5.99. The molecule has 2 aromatic rings. The second-order valence-corrected chi connectivity index (χ2v) is 5.37. The Labute approximate surface area is 112 Å². The van der Waals surface area contributed by atoms with Crippen LogP contribution in [0.3, 0.4) is 0 Å². The van der Waals surface area contributed by atoms with Gasteiger partial charge in [0, 0.05) is 17.0 Å². The van der Waals surface area contributed by atoms with Gasteiger partial charge in [0.25, 0.3) is 0 Å². The van der Waals surface area contributed by atoms with Crippen LogP contribution >= 0.6 is 34.2 Å². The van der Waals surface area contributed by atoms with Gasteiger partial charge in [0.15, 0.2) is 0 Å². The molecule has 1 saturated heterocycles. The second kappa shape index (κ2) is 4.16. The third kappa shape index (κ3) is 1.72. The highest BCUT2D eigenvalue weighted by Crippen LogP contribution is 2.28. The van der Waals surface area contributed by atoms with Crippen LogP contribution in [0.15, 0.2) is 18.2 Å². The molecule has 0 aliphatic carbocycles. The topological polar surface area (TPSA) is 27.1 Å². The van der Waals surface area contributed by atoms with Crippen LogP contribution in [-0.2, 0) is 4.74 Å². The minimum Gasteiger partial charge on any atom is -0.379 e. The minimum atomic E-state index is 0.368.